The summed E-state index contributed by atoms with van der Waals surface area (Å²) in [6.07, 6.45) is 9.13. The second-order valence-corrected chi connectivity index (χ2v) is 8.49. The Hall–Kier alpha value is -1.47. The van der Waals surface area contributed by atoms with Crippen molar-refractivity contribution in [1.29, 1.82) is 0 Å². The monoisotopic (exact) mass is 376 g/mol. The van der Waals surface area contributed by atoms with Crippen LogP contribution in [0.1, 0.15) is 50.6 Å². The largest absolute Gasteiger partial charge is 0.378 e. The number of hydrazone groups is 1. The van der Waals surface area contributed by atoms with Gasteiger partial charge >= 0.3 is 0 Å². The summed E-state index contributed by atoms with van der Waals surface area (Å²) in [5.74, 6) is 1.62. The predicted molar refractivity (Wildman–Crippen MR) is 104 cm³/mol. The molecule has 3 fully saturated rings. The minimum absolute atomic E-state index is 0.0675. The maximum Gasteiger partial charge on any atom is 0.246 e. The van der Waals surface area contributed by atoms with Gasteiger partial charge in [0.2, 0.25) is 5.91 Å². The number of rotatable bonds is 4. The Morgan fingerprint density at radius 3 is 2.92 bits per heavy atom. The standard InChI is InChI=1S/C19H28N4O2S/c24-18(12-17-13-26-19(20-17)23-7-9-25-10-8-23)22-21-16-6-5-14-3-1-2-4-15(14)11-16/h13-15H,1-12H2,(H,22,24)/b21-16-/t14-,15+/m0/s1. The van der Waals surface area contributed by atoms with E-state index in [-0.39, 0.29) is 5.91 Å². The number of carbonyl (C=O) groups excluding carboxylic acids is 1. The van der Waals surface area contributed by atoms with Gasteiger partial charge in [0.15, 0.2) is 5.13 Å². The highest BCUT2D eigenvalue weighted by atomic mass is 32.1. The first kappa shape index (κ1) is 17.9. The average Bonchev–Trinajstić information content (AvgIpc) is 3.15. The molecule has 3 aliphatic rings. The molecule has 0 bridgehead atoms. The van der Waals surface area contributed by atoms with E-state index in [4.69, 9.17) is 4.74 Å². The lowest BCUT2D eigenvalue weighted by molar-refractivity contribution is -0.120. The molecule has 142 valence electrons. The van der Waals surface area contributed by atoms with Gasteiger partial charge in [-0.2, -0.15) is 5.10 Å². The molecule has 2 saturated carbocycles. The molecule has 1 N–H and O–H groups in total. The van der Waals surface area contributed by atoms with E-state index in [9.17, 15) is 4.79 Å². The van der Waals surface area contributed by atoms with Gasteiger partial charge < -0.3 is 9.64 Å². The molecule has 1 aliphatic heterocycles. The van der Waals surface area contributed by atoms with E-state index in [1.165, 1.54) is 37.8 Å². The van der Waals surface area contributed by atoms with Crippen molar-refractivity contribution in [3.05, 3.63) is 11.1 Å². The van der Waals surface area contributed by atoms with E-state index in [1.807, 2.05) is 5.38 Å². The number of hydrogen-bond acceptors (Lipinski definition) is 6. The number of nitrogens with zero attached hydrogens (tertiary/aromatic N) is 3. The fraction of sp³-hybridized carbons (Fsp3) is 0.737. The molecular formula is C19H28N4O2S. The maximum atomic E-state index is 12.2. The molecule has 2 heterocycles. The number of hydrogen-bond donors (Lipinski definition) is 1. The van der Waals surface area contributed by atoms with Gasteiger partial charge in [0.05, 0.1) is 25.3 Å². The number of fused-ring (bicyclic) bond motifs is 1. The van der Waals surface area contributed by atoms with Crippen LogP contribution in [0.3, 0.4) is 0 Å². The van der Waals surface area contributed by atoms with Crippen LogP contribution in [-0.2, 0) is 16.0 Å². The van der Waals surface area contributed by atoms with Crippen molar-refractivity contribution < 1.29 is 9.53 Å². The molecule has 1 aromatic heterocycles. The summed E-state index contributed by atoms with van der Waals surface area (Å²) in [7, 11) is 0. The Morgan fingerprint density at radius 2 is 2.08 bits per heavy atom. The maximum absolute atomic E-state index is 12.2. The van der Waals surface area contributed by atoms with Crippen molar-refractivity contribution >= 4 is 28.1 Å². The summed E-state index contributed by atoms with van der Waals surface area (Å²) in [5.41, 5.74) is 4.76. The van der Waals surface area contributed by atoms with Gasteiger partial charge in [-0.3, -0.25) is 4.79 Å². The van der Waals surface area contributed by atoms with Crippen molar-refractivity contribution in [2.24, 2.45) is 16.9 Å². The van der Waals surface area contributed by atoms with Gasteiger partial charge in [-0.15, -0.1) is 11.3 Å². The third-order valence-corrected chi connectivity index (χ3v) is 6.82. The quantitative estimate of drug-likeness (QED) is 0.821. The molecule has 0 aromatic carbocycles. The Kier molecular flexibility index (Phi) is 5.84. The van der Waals surface area contributed by atoms with Crippen LogP contribution in [-0.4, -0.2) is 42.9 Å². The first-order chi connectivity index (χ1) is 12.8. The third-order valence-electron chi connectivity index (χ3n) is 5.87. The molecule has 1 amide bonds. The molecule has 26 heavy (non-hydrogen) atoms. The summed E-state index contributed by atoms with van der Waals surface area (Å²) < 4.78 is 5.37. The highest BCUT2D eigenvalue weighted by molar-refractivity contribution is 7.13. The Labute approximate surface area is 159 Å². The number of anilines is 1. The van der Waals surface area contributed by atoms with Crippen LogP contribution >= 0.6 is 11.3 Å². The van der Waals surface area contributed by atoms with Crippen molar-refractivity contribution in [2.45, 2.75) is 51.4 Å². The number of nitrogens with one attached hydrogen (secondary N) is 1. The number of aromatic nitrogens is 1. The Morgan fingerprint density at radius 1 is 1.27 bits per heavy atom. The van der Waals surface area contributed by atoms with Crippen LogP contribution in [0.5, 0.6) is 0 Å². The highest BCUT2D eigenvalue weighted by Crippen LogP contribution is 2.39. The molecule has 0 radical (unpaired) electrons. The van der Waals surface area contributed by atoms with E-state index in [0.717, 1.165) is 61.8 Å². The molecule has 2 aliphatic carbocycles. The summed E-state index contributed by atoms with van der Waals surface area (Å²) >= 11 is 1.60. The number of morpholine rings is 1. The van der Waals surface area contributed by atoms with E-state index >= 15 is 0 Å². The van der Waals surface area contributed by atoms with E-state index in [2.05, 4.69) is 20.4 Å². The fourth-order valence-corrected chi connectivity index (χ4v) is 5.29. The first-order valence-electron chi connectivity index (χ1n) is 9.89. The Balaban J connectivity index is 1.27. The minimum atomic E-state index is -0.0675. The number of ether oxygens (including phenoxy) is 1. The predicted octanol–water partition coefficient (Wildman–Crippen LogP) is 2.98. The molecule has 7 heteroatoms. The summed E-state index contributed by atoms with van der Waals surface area (Å²) in [4.78, 5) is 19.1. The number of carbonyl (C=O) groups is 1. The van der Waals surface area contributed by atoms with Gasteiger partial charge in [0, 0.05) is 24.2 Å². The lowest BCUT2D eigenvalue weighted by atomic mass is 9.70. The second kappa shape index (κ2) is 8.48. The fourth-order valence-electron chi connectivity index (χ4n) is 4.41. The molecule has 6 nitrogen and oxygen atoms in total. The summed E-state index contributed by atoms with van der Waals surface area (Å²) in [5, 5.41) is 7.39. The van der Waals surface area contributed by atoms with Crippen LogP contribution in [0.2, 0.25) is 0 Å². The highest BCUT2D eigenvalue weighted by Gasteiger charge is 2.30. The smallest absolute Gasteiger partial charge is 0.246 e. The first-order valence-corrected chi connectivity index (χ1v) is 10.8. The van der Waals surface area contributed by atoms with E-state index in [0.29, 0.717) is 6.42 Å². The van der Waals surface area contributed by atoms with Crippen LogP contribution in [0.4, 0.5) is 5.13 Å². The second-order valence-electron chi connectivity index (χ2n) is 7.66. The number of thiazole rings is 1. The third kappa shape index (κ3) is 4.43. The molecule has 1 aromatic rings. The van der Waals surface area contributed by atoms with Crippen molar-refractivity contribution in [3.8, 4) is 0 Å². The zero-order chi connectivity index (χ0) is 17.8. The van der Waals surface area contributed by atoms with Gasteiger partial charge in [-0.25, -0.2) is 10.4 Å². The Bertz CT molecular complexity index is 654. The molecule has 0 unspecified atom stereocenters. The van der Waals surface area contributed by atoms with Gasteiger partial charge in [-0.05, 0) is 37.5 Å². The lowest BCUT2D eigenvalue weighted by Crippen LogP contribution is -2.36. The van der Waals surface area contributed by atoms with Gasteiger partial charge in [0.1, 0.15) is 0 Å². The lowest BCUT2D eigenvalue weighted by Gasteiger charge is -2.35. The van der Waals surface area contributed by atoms with Crippen molar-refractivity contribution in [3.63, 3.8) is 0 Å². The van der Waals surface area contributed by atoms with Gasteiger partial charge in [-0.1, -0.05) is 19.3 Å². The normalized spacial score (nSPS) is 28.0. The minimum Gasteiger partial charge on any atom is -0.378 e. The molecular weight excluding hydrogens is 348 g/mol. The molecule has 4 rings (SSSR count). The van der Waals surface area contributed by atoms with Crippen LogP contribution in [0.25, 0.3) is 0 Å². The average molecular weight is 377 g/mol. The van der Waals surface area contributed by atoms with Crippen molar-refractivity contribution in [1.82, 2.24) is 10.4 Å². The van der Waals surface area contributed by atoms with Crippen LogP contribution in [0, 0.1) is 11.8 Å². The number of amides is 1. The van der Waals surface area contributed by atoms with Crippen LogP contribution < -0.4 is 10.3 Å². The van der Waals surface area contributed by atoms with Crippen LogP contribution in [0.15, 0.2) is 10.5 Å². The van der Waals surface area contributed by atoms with Gasteiger partial charge in [0.25, 0.3) is 0 Å². The zero-order valence-corrected chi connectivity index (χ0v) is 16.1. The van der Waals surface area contributed by atoms with E-state index < -0.39 is 0 Å². The molecule has 2 atom stereocenters. The summed E-state index contributed by atoms with van der Waals surface area (Å²) in [6, 6.07) is 0. The van der Waals surface area contributed by atoms with E-state index in [1.54, 1.807) is 11.3 Å². The van der Waals surface area contributed by atoms with Crippen molar-refractivity contribution in [2.75, 3.05) is 31.2 Å². The topological polar surface area (TPSA) is 66.8 Å². The summed E-state index contributed by atoms with van der Waals surface area (Å²) in [6.45, 7) is 3.23. The molecule has 1 saturated heterocycles. The SMILES string of the molecule is O=C(Cc1csc(N2CCOCC2)n1)N/N=C1/CC[C@@H]2CCCC[C@@H]2C1. The zero-order valence-electron chi connectivity index (χ0n) is 15.3. The molecule has 0 spiro atoms.